The van der Waals surface area contributed by atoms with Crippen LogP contribution >= 0.6 is 0 Å². The first-order valence-corrected chi connectivity index (χ1v) is 17.3. The zero-order valence-electron chi connectivity index (χ0n) is 27.9. The maximum absolute atomic E-state index is 5.09. The minimum absolute atomic E-state index is 0.109. The number of para-hydroxylation sites is 1. The SMILES string of the molecule is CC1(C)c2ccccc2-c2c3c1cccc3cc1c3ccccc3n(-c3ccc(-c4nc(-c5ccccc5)cc(-c5ccccc5)n4)cc3)c21. The van der Waals surface area contributed by atoms with Crippen molar-refractivity contribution in [3.8, 4) is 50.7 Å². The van der Waals surface area contributed by atoms with Crippen molar-refractivity contribution in [2.45, 2.75) is 19.3 Å². The predicted octanol–water partition coefficient (Wildman–Crippen LogP) is 12.0. The van der Waals surface area contributed by atoms with E-state index < -0.39 is 0 Å². The van der Waals surface area contributed by atoms with Crippen LogP contribution in [0.25, 0.3) is 83.3 Å². The third-order valence-corrected chi connectivity index (χ3v) is 10.6. The van der Waals surface area contributed by atoms with Gasteiger partial charge >= 0.3 is 0 Å². The Hall–Kier alpha value is -6.32. The fourth-order valence-electron chi connectivity index (χ4n) is 8.19. The van der Waals surface area contributed by atoms with Crippen LogP contribution in [0.3, 0.4) is 0 Å². The Morgan fingerprint density at radius 3 is 1.84 bits per heavy atom. The summed E-state index contributed by atoms with van der Waals surface area (Å²) < 4.78 is 2.46. The number of fused-ring (bicyclic) bond motifs is 6. The molecule has 3 nitrogen and oxygen atoms in total. The molecule has 0 amide bonds. The van der Waals surface area contributed by atoms with Crippen LogP contribution in [0.4, 0.5) is 0 Å². The zero-order chi connectivity index (χ0) is 33.4. The van der Waals surface area contributed by atoms with Crippen molar-refractivity contribution < 1.29 is 0 Å². The van der Waals surface area contributed by atoms with Crippen molar-refractivity contribution in [2.24, 2.45) is 0 Å². The van der Waals surface area contributed by atoms with Gasteiger partial charge in [0.15, 0.2) is 5.82 Å². The Bertz CT molecular complexity index is 2700. The van der Waals surface area contributed by atoms with E-state index in [0.29, 0.717) is 5.82 Å². The summed E-state index contributed by atoms with van der Waals surface area (Å²) in [5.74, 6) is 0.709. The van der Waals surface area contributed by atoms with Crippen molar-refractivity contribution in [3.05, 3.63) is 175 Å². The Morgan fingerprint density at radius 2 is 1.12 bits per heavy atom. The van der Waals surface area contributed by atoms with Crippen molar-refractivity contribution in [3.63, 3.8) is 0 Å². The van der Waals surface area contributed by atoms with Gasteiger partial charge in [-0.3, -0.25) is 0 Å². The van der Waals surface area contributed by atoms with Gasteiger partial charge in [-0.25, -0.2) is 9.97 Å². The summed E-state index contributed by atoms with van der Waals surface area (Å²) in [6.45, 7) is 4.72. The number of hydrogen-bond acceptors (Lipinski definition) is 2. The molecule has 2 heterocycles. The van der Waals surface area contributed by atoms with Crippen LogP contribution < -0.4 is 0 Å². The van der Waals surface area contributed by atoms with Gasteiger partial charge in [0.2, 0.25) is 0 Å². The molecule has 9 aromatic rings. The number of benzene rings is 7. The number of nitrogens with zero attached hydrogens (tertiary/aromatic N) is 3. The molecule has 0 fully saturated rings. The molecule has 1 aliphatic carbocycles. The van der Waals surface area contributed by atoms with Gasteiger partial charge in [0.05, 0.1) is 22.4 Å². The van der Waals surface area contributed by atoms with Gasteiger partial charge in [-0.15, -0.1) is 0 Å². The highest BCUT2D eigenvalue weighted by Crippen LogP contribution is 2.52. The van der Waals surface area contributed by atoms with Gasteiger partial charge in [-0.2, -0.15) is 0 Å². The zero-order valence-corrected chi connectivity index (χ0v) is 27.9. The largest absolute Gasteiger partial charge is 0.309 e. The lowest BCUT2D eigenvalue weighted by Gasteiger charge is -2.35. The average molecular weight is 640 g/mol. The minimum atomic E-state index is -0.109. The Labute approximate surface area is 291 Å². The van der Waals surface area contributed by atoms with E-state index in [0.717, 1.165) is 33.8 Å². The second-order valence-electron chi connectivity index (χ2n) is 13.8. The lowest BCUT2D eigenvalue weighted by molar-refractivity contribution is 0.645. The molecule has 236 valence electrons. The fraction of sp³-hybridized carbons (Fsp3) is 0.0638. The van der Waals surface area contributed by atoms with Crippen LogP contribution in [0.15, 0.2) is 164 Å². The van der Waals surface area contributed by atoms with E-state index in [2.05, 4.69) is 170 Å². The van der Waals surface area contributed by atoms with E-state index in [-0.39, 0.29) is 5.41 Å². The fourth-order valence-corrected chi connectivity index (χ4v) is 8.19. The van der Waals surface area contributed by atoms with Crippen LogP contribution in [0.1, 0.15) is 25.0 Å². The lowest BCUT2D eigenvalue weighted by atomic mass is 9.68. The molecule has 0 bridgehead atoms. The van der Waals surface area contributed by atoms with E-state index in [4.69, 9.17) is 9.97 Å². The molecule has 0 N–H and O–H groups in total. The Kier molecular flexibility index (Phi) is 6.22. The smallest absolute Gasteiger partial charge is 0.160 e. The molecule has 0 saturated heterocycles. The second-order valence-corrected chi connectivity index (χ2v) is 13.8. The molecular weight excluding hydrogens is 607 g/mol. The molecule has 0 radical (unpaired) electrons. The van der Waals surface area contributed by atoms with Crippen molar-refractivity contribution in [1.29, 1.82) is 0 Å². The molecule has 10 rings (SSSR count). The molecule has 0 unspecified atom stereocenters. The third kappa shape index (κ3) is 4.23. The summed E-state index contributed by atoms with van der Waals surface area (Å²) in [5.41, 5.74) is 13.7. The van der Waals surface area contributed by atoms with Crippen molar-refractivity contribution in [2.75, 3.05) is 0 Å². The van der Waals surface area contributed by atoms with Gasteiger partial charge < -0.3 is 4.57 Å². The van der Waals surface area contributed by atoms with E-state index in [1.54, 1.807) is 0 Å². The van der Waals surface area contributed by atoms with Crippen LogP contribution in [0.2, 0.25) is 0 Å². The molecular formula is C47H33N3. The van der Waals surface area contributed by atoms with Crippen LogP contribution in [-0.2, 0) is 5.41 Å². The van der Waals surface area contributed by atoms with Gasteiger partial charge in [0.25, 0.3) is 0 Å². The van der Waals surface area contributed by atoms with Crippen LogP contribution in [0, 0.1) is 0 Å². The van der Waals surface area contributed by atoms with Gasteiger partial charge in [0, 0.05) is 44.1 Å². The van der Waals surface area contributed by atoms with Gasteiger partial charge in [-0.1, -0.05) is 135 Å². The number of rotatable bonds is 4. The maximum Gasteiger partial charge on any atom is 0.160 e. The summed E-state index contributed by atoms with van der Waals surface area (Å²) in [6.07, 6.45) is 0. The number of hydrogen-bond donors (Lipinski definition) is 0. The molecule has 0 spiro atoms. The van der Waals surface area contributed by atoms with Crippen LogP contribution in [-0.4, -0.2) is 14.5 Å². The van der Waals surface area contributed by atoms with E-state index in [1.165, 1.54) is 54.8 Å². The van der Waals surface area contributed by atoms with Gasteiger partial charge in [-0.05, 0) is 69.9 Å². The highest BCUT2D eigenvalue weighted by atomic mass is 15.0. The summed E-state index contributed by atoms with van der Waals surface area (Å²) >= 11 is 0. The Balaban J connectivity index is 1.21. The van der Waals surface area contributed by atoms with Crippen molar-refractivity contribution >= 4 is 32.6 Å². The maximum atomic E-state index is 5.09. The molecule has 3 heteroatoms. The highest BCUT2D eigenvalue weighted by Gasteiger charge is 2.35. The molecule has 0 saturated carbocycles. The first-order valence-electron chi connectivity index (χ1n) is 17.3. The van der Waals surface area contributed by atoms with Gasteiger partial charge in [0.1, 0.15) is 0 Å². The summed E-state index contributed by atoms with van der Waals surface area (Å²) in [5, 5.41) is 5.16. The Morgan fingerprint density at radius 1 is 0.500 bits per heavy atom. The minimum Gasteiger partial charge on any atom is -0.309 e. The third-order valence-electron chi connectivity index (χ3n) is 10.6. The van der Waals surface area contributed by atoms with Crippen LogP contribution in [0.5, 0.6) is 0 Å². The molecule has 7 aromatic carbocycles. The quantitative estimate of drug-likeness (QED) is 0.192. The summed E-state index contributed by atoms with van der Waals surface area (Å²) in [4.78, 5) is 10.2. The normalized spacial score (nSPS) is 13.2. The van der Waals surface area contributed by atoms with E-state index in [1.807, 2.05) is 12.1 Å². The van der Waals surface area contributed by atoms with E-state index >= 15 is 0 Å². The average Bonchev–Trinajstić information content (AvgIpc) is 3.51. The standard InChI is InChI=1S/C47H33N3/c1-47(2)38-21-11-9-20-36(38)44-43-33(18-13-22-39(43)47)28-37-35-19-10-12-23-42(35)50(45(37)44)34-26-24-32(25-27-34)46-48-40(30-14-5-3-6-15-30)29-41(49-46)31-16-7-4-8-17-31/h3-29H,1-2H3. The summed E-state index contributed by atoms with van der Waals surface area (Å²) in [7, 11) is 0. The number of aromatic nitrogens is 3. The first-order chi connectivity index (χ1) is 24.6. The first kappa shape index (κ1) is 28.7. The monoisotopic (exact) mass is 639 g/mol. The molecule has 50 heavy (non-hydrogen) atoms. The lowest BCUT2D eigenvalue weighted by Crippen LogP contribution is -2.23. The molecule has 1 aliphatic rings. The predicted molar refractivity (Wildman–Crippen MR) is 208 cm³/mol. The van der Waals surface area contributed by atoms with Crippen molar-refractivity contribution in [1.82, 2.24) is 14.5 Å². The molecule has 0 aliphatic heterocycles. The van der Waals surface area contributed by atoms with E-state index in [9.17, 15) is 0 Å². The summed E-state index contributed by atoms with van der Waals surface area (Å²) in [6, 6.07) is 58.6. The molecule has 2 aromatic heterocycles. The topological polar surface area (TPSA) is 30.7 Å². The highest BCUT2D eigenvalue weighted by molar-refractivity contribution is 6.23. The molecule has 0 atom stereocenters. The second kappa shape index (κ2) is 10.8.